The lowest BCUT2D eigenvalue weighted by molar-refractivity contribution is -0.136. The molecule has 5 nitrogen and oxygen atoms in total. The Labute approximate surface area is 120 Å². The zero-order chi connectivity index (χ0) is 14.4. The van der Waals surface area contributed by atoms with Gasteiger partial charge in [-0.1, -0.05) is 23.2 Å². The van der Waals surface area contributed by atoms with Crippen LogP contribution in [0.25, 0.3) is 0 Å². The van der Waals surface area contributed by atoms with Gasteiger partial charge in [-0.2, -0.15) is 0 Å². The standard InChI is InChI=1S/C12H13Cl2NO4/c1-19-7-11(16)15(5-4-12(17)18)10-6-8(13)2-3-9(10)14/h2-3,6H,4-5,7H2,1H3,(H,17,18). The Morgan fingerprint density at radius 1 is 1.37 bits per heavy atom. The van der Waals surface area contributed by atoms with Gasteiger partial charge in [0.25, 0.3) is 5.91 Å². The molecule has 0 aliphatic carbocycles. The van der Waals surface area contributed by atoms with E-state index in [0.29, 0.717) is 15.7 Å². The van der Waals surface area contributed by atoms with Crippen LogP contribution in [0.15, 0.2) is 18.2 Å². The molecule has 0 atom stereocenters. The number of carboxylic acids is 1. The third-order valence-corrected chi connectivity index (χ3v) is 2.87. The second kappa shape index (κ2) is 7.33. The first kappa shape index (κ1) is 15.8. The van der Waals surface area contributed by atoms with Gasteiger partial charge >= 0.3 is 5.97 Å². The lowest BCUT2D eigenvalue weighted by Gasteiger charge is -2.23. The lowest BCUT2D eigenvalue weighted by atomic mass is 10.2. The number of methoxy groups -OCH3 is 1. The molecule has 0 saturated carbocycles. The number of nitrogens with zero attached hydrogens (tertiary/aromatic N) is 1. The summed E-state index contributed by atoms with van der Waals surface area (Å²) in [7, 11) is 1.38. The third kappa shape index (κ3) is 4.70. The van der Waals surface area contributed by atoms with Gasteiger partial charge in [0.2, 0.25) is 0 Å². The van der Waals surface area contributed by atoms with Crippen molar-refractivity contribution in [1.29, 1.82) is 0 Å². The number of benzene rings is 1. The van der Waals surface area contributed by atoms with E-state index in [1.807, 2.05) is 0 Å². The fourth-order valence-electron chi connectivity index (χ4n) is 1.48. The first-order valence-electron chi connectivity index (χ1n) is 5.42. The van der Waals surface area contributed by atoms with Crippen molar-refractivity contribution >= 4 is 40.8 Å². The molecule has 1 N–H and O–H groups in total. The molecule has 1 rings (SSSR count). The van der Waals surface area contributed by atoms with Gasteiger partial charge in [0, 0.05) is 18.7 Å². The Bertz CT molecular complexity index is 479. The number of halogens is 2. The quantitative estimate of drug-likeness (QED) is 0.876. The largest absolute Gasteiger partial charge is 0.481 e. The number of carboxylic acid groups (broad SMARTS) is 1. The molecule has 0 spiro atoms. The van der Waals surface area contributed by atoms with Crippen LogP contribution in [-0.4, -0.2) is 37.2 Å². The molecule has 0 saturated heterocycles. The molecule has 0 aliphatic rings. The molecular weight excluding hydrogens is 293 g/mol. The molecular formula is C12H13Cl2NO4. The lowest BCUT2D eigenvalue weighted by Crippen LogP contribution is -2.35. The highest BCUT2D eigenvalue weighted by molar-refractivity contribution is 6.35. The van der Waals surface area contributed by atoms with E-state index in [2.05, 4.69) is 0 Å². The molecule has 104 valence electrons. The smallest absolute Gasteiger partial charge is 0.305 e. The maximum absolute atomic E-state index is 11.9. The minimum atomic E-state index is -1.01. The fourth-order valence-corrected chi connectivity index (χ4v) is 1.87. The Hall–Kier alpha value is -1.30. The average molecular weight is 306 g/mol. The van der Waals surface area contributed by atoms with E-state index in [1.54, 1.807) is 12.1 Å². The van der Waals surface area contributed by atoms with Gasteiger partial charge in [-0.25, -0.2) is 0 Å². The molecule has 7 heteroatoms. The molecule has 1 aromatic rings. The summed E-state index contributed by atoms with van der Waals surface area (Å²) in [6.07, 6.45) is -0.196. The number of hydrogen-bond donors (Lipinski definition) is 1. The van der Waals surface area contributed by atoms with Crippen LogP contribution >= 0.6 is 23.2 Å². The van der Waals surface area contributed by atoms with Crippen molar-refractivity contribution < 1.29 is 19.4 Å². The second-order valence-electron chi connectivity index (χ2n) is 3.72. The Balaban J connectivity index is 3.03. The zero-order valence-electron chi connectivity index (χ0n) is 10.2. The van der Waals surface area contributed by atoms with Crippen molar-refractivity contribution in [3.63, 3.8) is 0 Å². The van der Waals surface area contributed by atoms with Gasteiger partial charge in [0.1, 0.15) is 6.61 Å². The van der Waals surface area contributed by atoms with Crippen molar-refractivity contribution in [2.75, 3.05) is 25.2 Å². The van der Waals surface area contributed by atoms with Gasteiger partial charge in [-0.15, -0.1) is 0 Å². The van der Waals surface area contributed by atoms with Crippen molar-refractivity contribution in [1.82, 2.24) is 0 Å². The van der Waals surface area contributed by atoms with Crippen molar-refractivity contribution in [2.45, 2.75) is 6.42 Å². The van der Waals surface area contributed by atoms with Crippen LogP contribution in [0.3, 0.4) is 0 Å². The van der Waals surface area contributed by atoms with Crippen LogP contribution in [0.1, 0.15) is 6.42 Å². The molecule has 0 fully saturated rings. The van der Waals surface area contributed by atoms with E-state index in [-0.39, 0.29) is 25.5 Å². The van der Waals surface area contributed by atoms with Gasteiger partial charge in [-0.05, 0) is 18.2 Å². The summed E-state index contributed by atoms with van der Waals surface area (Å²) in [6, 6.07) is 4.65. The van der Waals surface area contributed by atoms with E-state index in [0.717, 1.165) is 0 Å². The summed E-state index contributed by atoms with van der Waals surface area (Å²) < 4.78 is 4.77. The first-order chi connectivity index (χ1) is 8.95. The molecule has 19 heavy (non-hydrogen) atoms. The number of aliphatic carboxylic acids is 1. The van der Waals surface area contributed by atoms with Crippen LogP contribution in [0.5, 0.6) is 0 Å². The Morgan fingerprint density at radius 3 is 2.63 bits per heavy atom. The summed E-state index contributed by atoms with van der Waals surface area (Å²) in [5.41, 5.74) is 0.373. The summed E-state index contributed by atoms with van der Waals surface area (Å²) in [4.78, 5) is 23.8. The summed E-state index contributed by atoms with van der Waals surface area (Å²) in [5.74, 6) is -1.39. The number of carbonyl (C=O) groups excluding carboxylic acids is 1. The molecule has 1 aromatic carbocycles. The molecule has 0 bridgehead atoms. The summed E-state index contributed by atoms with van der Waals surface area (Å²) >= 11 is 11.9. The Morgan fingerprint density at radius 2 is 2.05 bits per heavy atom. The number of carbonyl (C=O) groups is 2. The Kier molecular flexibility index (Phi) is 6.08. The number of rotatable bonds is 6. The van der Waals surface area contributed by atoms with Gasteiger partial charge in [-0.3, -0.25) is 9.59 Å². The van der Waals surface area contributed by atoms with Gasteiger partial charge in [0.15, 0.2) is 0 Å². The zero-order valence-corrected chi connectivity index (χ0v) is 11.7. The van der Waals surface area contributed by atoms with Crippen LogP contribution in [0.4, 0.5) is 5.69 Å². The number of ether oxygens (including phenoxy) is 1. The van der Waals surface area contributed by atoms with Crippen LogP contribution in [0.2, 0.25) is 10.0 Å². The minimum absolute atomic E-state index is 0.00239. The maximum atomic E-state index is 11.9. The van der Waals surface area contributed by atoms with Crippen molar-refractivity contribution in [2.24, 2.45) is 0 Å². The van der Waals surface area contributed by atoms with E-state index < -0.39 is 5.97 Å². The number of hydrogen-bond acceptors (Lipinski definition) is 3. The predicted octanol–water partition coefficient (Wildman–Crippen LogP) is 2.45. The molecule has 0 aromatic heterocycles. The van der Waals surface area contributed by atoms with E-state index >= 15 is 0 Å². The van der Waals surface area contributed by atoms with E-state index in [4.69, 9.17) is 33.0 Å². The molecule has 0 heterocycles. The molecule has 0 aliphatic heterocycles. The minimum Gasteiger partial charge on any atom is -0.481 e. The van der Waals surface area contributed by atoms with Crippen LogP contribution < -0.4 is 4.90 Å². The number of amides is 1. The van der Waals surface area contributed by atoms with Crippen molar-refractivity contribution in [3.8, 4) is 0 Å². The highest BCUT2D eigenvalue weighted by Gasteiger charge is 2.19. The van der Waals surface area contributed by atoms with Gasteiger partial charge in [0.05, 0.1) is 17.1 Å². The fraction of sp³-hybridized carbons (Fsp3) is 0.333. The SMILES string of the molecule is COCC(=O)N(CCC(=O)O)c1cc(Cl)ccc1Cl. The second-order valence-corrected chi connectivity index (χ2v) is 4.56. The number of anilines is 1. The average Bonchev–Trinajstić information content (AvgIpc) is 2.33. The highest BCUT2D eigenvalue weighted by atomic mass is 35.5. The normalized spacial score (nSPS) is 10.3. The monoisotopic (exact) mass is 305 g/mol. The predicted molar refractivity (Wildman–Crippen MR) is 72.9 cm³/mol. The topological polar surface area (TPSA) is 66.8 Å². The molecule has 1 amide bonds. The van der Waals surface area contributed by atoms with Crippen LogP contribution in [0, 0.1) is 0 Å². The summed E-state index contributed by atoms with van der Waals surface area (Å²) in [6.45, 7) is -0.167. The van der Waals surface area contributed by atoms with Crippen molar-refractivity contribution in [3.05, 3.63) is 28.2 Å². The molecule has 0 radical (unpaired) electrons. The maximum Gasteiger partial charge on any atom is 0.305 e. The van der Waals surface area contributed by atoms with E-state index in [9.17, 15) is 9.59 Å². The van der Waals surface area contributed by atoms with Gasteiger partial charge < -0.3 is 14.7 Å². The van der Waals surface area contributed by atoms with Crippen LogP contribution in [-0.2, 0) is 14.3 Å². The highest BCUT2D eigenvalue weighted by Crippen LogP contribution is 2.29. The molecule has 0 unspecified atom stereocenters. The van der Waals surface area contributed by atoms with E-state index in [1.165, 1.54) is 18.1 Å². The third-order valence-electron chi connectivity index (χ3n) is 2.32. The first-order valence-corrected chi connectivity index (χ1v) is 6.17. The summed E-state index contributed by atoms with van der Waals surface area (Å²) in [5, 5.41) is 9.44.